The van der Waals surface area contributed by atoms with E-state index in [1.807, 2.05) is 81.9 Å². The lowest BCUT2D eigenvalue weighted by molar-refractivity contribution is 0.0170. The van der Waals surface area contributed by atoms with Crippen molar-refractivity contribution >= 4 is 91.1 Å². The van der Waals surface area contributed by atoms with E-state index in [0.29, 0.717) is 79.3 Å². The molecular formula is C52H55NO6S6. The van der Waals surface area contributed by atoms with Crippen molar-refractivity contribution in [2.75, 3.05) is 79.3 Å². The first-order valence-electron chi connectivity index (χ1n) is 22.6. The van der Waals surface area contributed by atoms with Gasteiger partial charge in [-0.2, -0.15) is 0 Å². The summed E-state index contributed by atoms with van der Waals surface area (Å²) in [6.07, 6.45) is 8.73. The van der Waals surface area contributed by atoms with Crippen molar-refractivity contribution in [3.63, 3.8) is 0 Å². The highest BCUT2D eigenvalue weighted by atomic mass is 32.1. The van der Waals surface area contributed by atoms with E-state index in [2.05, 4.69) is 108 Å². The molecule has 0 bridgehead atoms. The first-order chi connectivity index (χ1) is 32.2. The minimum absolute atomic E-state index is 0.575. The van der Waals surface area contributed by atoms with Crippen LogP contribution in [0.4, 0.5) is 0 Å². The SMILES string of the molecule is CCOCCOCCOCCc1cc(-c2ccc(-c3ccc(-c4ccc(-c5ccc(-c6ccc(-n7c8c(c9ccccc97)=CCCC=8)s6)s5)s4)s3)s2)sc1CCOCCOCCOCC. The number of rotatable bonds is 26. The Hall–Kier alpha value is -3.54. The molecule has 0 aliphatic heterocycles. The Morgan fingerprint density at radius 3 is 1.43 bits per heavy atom. The number of hydrogen-bond acceptors (Lipinski definition) is 12. The first-order valence-corrected chi connectivity index (χ1v) is 27.5. The fourth-order valence-corrected chi connectivity index (χ4v) is 14.6. The quantitative estimate of drug-likeness (QED) is 0.0504. The number of benzene rings is 1. The zero-order chi connectivity index (χ0) is 44.2. The third-order valence-electron chi connectivity index (χ3n) is 11.0. The molecule has 340 valence electrons. The number of aromatic nitrogens is 1. The van der Waals surface area contributed by atoms with Crippen LogP contribution < -0.4 is 10.6 Å². The summed E-state index contributed by atoms with van der Waals surface area (Å²) >= 11 is 11.3. The van der Waals surface area contributed by atoms with E-state index < -0.39 is 0 Å². The molecular weight excluding hydrogens is 927 g/mol. The zero-order valence-corrected chi connectivity index (χ0v) is 41.9. The third kappa shape index (κ3) is 11.6. The maximum Gasteiger partial charge on any atom is 0.101 e. The predicted octanol–water partition coefficient (Wildman–Crippen LogP) is 12.9. The molecule has 0 radical (unpaired) electrons. The Labute approximate surface area is 405 Å². The average molecular weight is 982 g/mol. The van der Waals surface area contributed by atoms with Gasteiger partial charge in [-0.15, -0.1) is 68.0 Å². The van der Waals surface area contributed by atoms with E-state index in [0.717, 1.165) is 25.7 Å². The fraction of sp³-hybridized carbons (Fsp3) is 0.346. The van der Waals surface area contributed by atoms with Crippen LogP contribution in [0, 0.1) is 0 Å². The van der Waals surface area contributed by atoms with E-state index in [9.17, 15) is 0 Å². The van der Waals surface area contributed by atoms with Gasteiger partial charge in [0.05, 0.1) is 76.9 Å². The minimum atomic E-state index is 0.575. The van der Waals surface area contributed by atoms with Crippen molar-refractivity contribution in [2.45, 2.75) is 39.5 Å². The van der Waals surface area contributed by atoms with Crippen molar-refractivity contribution in [3.05, 3.63) is 112 Å². The first kappa shape index (κ1) is 46.6. The van der Waals surface area contributed by atoms with Crippen molar-refractivity contribution in [1.29, 1.82) is 0 Å². The molecule has 7 aromatic heterocycles. The molecule has 8 aromatic rings. The van der Waals surface area contributed by atoms with Gasteiger partial charge in [0.25, 0.3) is 0 Å². The Kier molecular flexibility index (Phi) is 16.8. The van der Waals surface area contributed by atoms with E-state index >= 15 is 0 Å². The van der Waals surface area contributed by atoms with Gasteiger partial charge in [0, 0.05) is 83.9 Å². The van der Waals surface area contributed by atoms with Gasteiger partial charge >= 0.3 is 0 Å². The summed E-state index contributed by atoms with van der Waals surface area (Å²) in [6, 6.07) is 34.1. The summed E-state index contributed by atoms with van der Waals surface area (Å²) in [4.78, 5) is 14.4. The van der Waals surface area contributed by atoms with Gasteiger partial charge in [-0.1, -0.05) is 30.4 Å². The van der Waals surface area contributed by atoms with Gasteiger partial charge in [-0.05, 0) is 111 Å². The van der Waals surface area contributed by atoms with Gasteiger partial charge in [0.15, 0.2) is 0 Å². The van der Waals surface area contributed by atoms with Gasteiger partial charge < -0.3 is 33.0 Å². The monoisotopic (exact) mass is 981 g/mol. The Morgan fingerprint density at radius 2 is 0.877 bits per heavy atom. The molecule has 9 rings (SSSR count). The second-order valence-electron chi connectivity index (χ2n) is 15.3. The van der Waals surface area contributed by atoms with Crippen LogP contribution >= 0.6 is 68.0 Å². The number of ether oxygens (including phenoxy) is 6. The lowest BCUT2D eigenvalue weighted by atomic mass is 10.1. The molecule has 1 aliphatic carbocycles. The smallest absolute Gasteiger partial charge is 0.101 e. The molecule has 0 N–H and O–H groups in total. The second-order valence-corrected chi connectivity index (χ2v) is 21.9. The van der Waals surface area contributed by atoms with E-state index in [-0.39, 0.29) is 0 Å². The average Bonchev–Trinajstić information content (AvgIpc) is 4.19. The van der Waals surface area contributed by atoms with Crippen LogP contribution in [0.1, 0.15) is 37.1 Å². The van der Waals surface area contributed by atoms with Crippen molar-refractivity contribution in [2.24, 2.45) is 0 Å². The highest BCUT2D eigenvalue weighted by Gasteiger charge is 2.18. The molecule has 65 heavy (non-hydrogen) atoms. The fourth-order valence-electron chi connectivity index (χ4n) is 7.90. The lowest BCUT2D eigenvalue weighted by Crippen LogP contribution is -2.29. The summed E-state index contributed by atoms with van der Waals surface area (Å²) in [5, 5.41) is 5.33. The number of fused-ring (bicyclic) bond motifs is 3. The standard InChI is InChI=1S/C52H55NO6S6/c1-3-54-27-29-58-33-31-56-25-23-36-35-51(60-41(36)24-26-57-32-34-59-30-28-55-4-2)50-20-19-47(64-50)46-16-15-43(62-46)42-13-14-44(61-42)45-17-18-48(63-45)49-21-22-52(65-49)53-39-11-7-5-9-37(39)38-10-6-8-12-40(38)53/h5,7,9-22,35H,3-4,6,8,23-34H2,1-2H3. The van der Waals surface area contributed by atoms with Crippen LogP contribution in [0.5, 0.6) is 0 Å². The number of para-hydroxylation sites is 1. The molecule has 13 heteroatoms. The maximum atomic E-state index is 5.98. The summed E-state index contributed by atoms with van der Waals surface area (Å²) in [5.74, 6) is 0. The maximum absolute atomic E-state index is 5.98. The van der Waals surface area contributed by atoms with Gasteiger partial charge in [0.2, 0.25) is 0 Å². The van der Waals surface area contributed by atoms with Crippen LogP contribution in [-0.2, 0) is 41.3 Å². The second kappa shape index (κ2) is 23.5. The largest absolute Gasteiger partial charge is 0.379 e. The molecule has 0 amide bonds. The normalized spacial score (nSPS) is 12.6. The minimum Gasteiger partial charge on any atom is -0.379 e. The Bertz CT molecular complexity index is 2830. The lowest BCUT2D eigenvalue weighted by Gasteiger charge is -2.08. The van der Waals surface area contributed by atoms with E-state index in [4.69, 9.17) is 28.4 Å². The number of hydrogen-bond donors (Lipinski definition) is 0. The molecule has 7 nitrogen and oxygen atoms in total. The van der Waals surface area contributed by atoms with Crippen molar-refractivity contribution in [1.82, 2.24) is 4.57 Å². The summed E-state index contributed by atoms with van der Waals surface area (Å²) in [6.45, 7) is 11.5. The number of nitrogens with zero attached hydrogens (tertiary/aromatic N) is 1. The van der Waals surface area contributed by atoms with E-state index in [1.165, 1.54) is 85.7 Å². The van der Waals surface area contributed by atoms with Crippen LogP contribution in [0.3, 0.4) is 0 Å². The topological polar surface area (TPSA) is 60.3 Å². The molecule has 0 saturated carbocycles. The predicted molar refractivity (Wildman–Crippen MR) is 279 cm³/mol. The van der Waals surface area contributed by atoms with Crippen molar-refractivity contribution in [3.8, 4) is 53.8 Å². The highest BCUT2D eigenvalue weighted by Crippen LogP contribution is 2.46. The van der Waals surface area contributed by atoms with Gasteiger partial charge in [-0.25, -0.2) is 0 Å². The molecule has 0 atom stereocenters. The molecule has 0 spiro atoms. The molecule has 0 unspecified atom stereocenters. The molecule has 0 saturated heterocycles. The molecule has 1 aromatic carbocycles. The van der Waals surface area contributed by atoms with Crippen LogP contribution in [0.15, 0.2) is 91.0 Å². The van der Waals surface area contributed by atoms with Crippen LogP contribution in [0.2, 0.25) is 0 Å². The van der Waals surface area contributed by atoms with Gasteiger partial charge in [-0.3, -0.25) is 0 Å². The zero-order valence-electron chi connectivity index (χ0n) is 37.0. The summed E-state index contributed by atoms with van der Waals surface area (Å²) in [5.41, 5.74) is 2.62. The number of thiophene rings is 6. The Balaban J connectivity index is 0.836. The van der Waals surface area contributed by atoms with Crippen LogP contribution in [0.25, 0.3) is 76.8 Å². The molecule has 7 heterocycles. The summed E-state index contributed by atoms with van der Waals surface area (Å²) in [7, 11) is 0. The van der Waals surface area contributed by atoms with Gasteiger partial charge in [0.1, 0.15) is 5.00 Å². The van der Waals surface area contributed by atoms with Crippen molar-refractivity contribution < 1.29 is 28.4 Å². The third-order valence-corrected chi connectivity index (χ3v) is 18.7. The van der Waals surface area contributed by atoms with E-state index in [1.54, 1.807) is 0 Å². The molecule has 0 fully saturated rings. The Morgan fingerprint density at radius 1 is 0.431 bits per heavy atom. The highest BCUT2D eigenvalue weighted by molar-refractivity contribution is 7.30. The molecule has 1 aliphatic rings. The van der Waals surface area contributed by atoms with Crippen LogP contribution in [-0.4, -0.2) is 83.8 Å². The summed E-state index contributed by atoms with van der Waals surface area (Å²) < 4.78 is 36.4.